The monoisotopic (exact) mass is 376 g/mol. The van der Waals surface area contributed by atoms with Gasteiger partial charge in [-0.2, -0.15) is 0 Å². The molecule has 10 heteroatoms. The first-order valence-electron chi connectivity index (χ1n) is 6.36. The number of alkyl halides is 2. The van der Waals surface area contributed by atoms with E-state index in [0.717, 1.165) is 7.11 Å². The maximum Gasteiger partial charge on any atom is 0.586 e. The zero-order valence-electron chi connectivity index (χ0n) is 11.9. The molecule has 6 nitrogen and oxygen atoms in total. The van der Waals surface area contributed by atoms with Crippen LogP contribution < -0.4 is 15.2 Å². The first kappa shape index (κ1) is 16.5. The Morgan fingerprint density at radius 1 is 1.29 bits per heavy atom. The van der Waals surface area contributed by atoms with Crippen LogP contribution in [0.1, 0.15) is 10.5 Å². The number of benzene rings is 1. The number of hydrogen-bond donors (Lipinski definition) is 1. The Hall–Kier alpha value is -2.32. The van der Waals surface area contributed by atoms with Gasteiger partial charge >= 0.3 is 12.3 Å². The largest absolute Gasteiger partial charge is 0.586 e. The van der Waals surface area contributed by atoms with E-state index in [2.05, 4.69) is 19.2 Å². The third kappa shape index (κ3) is 2.67. The van der Waals surface area contributed by atoms with Crippen LogP contribution in [0, 0.1) is 0 Å². The van der Waals surface area contributed by atoms with Crippen LogP contribution in [-0.4, -0.2) is 24.4 Å². The Labute approximate surface area is 144 Å². The number of hydrogen-bond acceptors (Lipinski definition) is 6. The lowest BCUT2D eigenvalue weighted by Gasteiger charge is -2.10. The second kappa shape index (κ2) is 5.64. The van der Waals surface area contributed by atoms with Gasteiger partial charge in [0.2, 0.25) is 0 Å². The molecule has 0 spiro atoms. The van der Waals surface area contributed by atoms with Crippen LogP contribution in [0.25, 0.3) is 11.3 Å². The van der Waals surface area contributed by atoms with Gasteiger partial charge in [0.1, 0.15) is 0 Å². The van der Waals surface area contributed by atoms with Gasteiger partial charge in [0, 0.05) is 5.56 Å². The fourth-order valence-corrected chi connectivity index (χ4v) is 2.56. The molecule has 0 saturated heterocycles. The van der Waals surface area contributed by atoms with Crippen molar-refractivity contribution in [2.45, 2.75) is 6.29 Å². The van der Waals surface area contributed by atoms with Gasteiger partial charge in [-0.3, -0.25) is 0 Å². The first-order chi connectivity index (χ1) is 11.2. The molecule has 0 bridgehead atoms. The summed E-state index contributed by atoms with van der Waals surface area (Å²) in [5, 5.41) is -0.260. The molecule has 1 aliphatic rings. The SMILES string of the molecule is COC(=O)c1nc(-c2ccc3c(c2Cl)OC(F)(F)O3)cc(N)c1Cl. The normalized spacial score (nSPS) is 14.5. The van der Waals surface area contributed by atoms with E-state index in [0.29, 0.717) is 0 Å². The van der Waals surface area contributed by atoms with Crippen molar-refractivity contribution in [2.24, 2.45) is 0 Å². The molecule has 0 atom stereocenters. The molecule has 2 heterocycles. The minimum absolute atomic E-state index is 0.0427. The van der Waals surface area contributed by atoms with Crippen LogP contribution >= 0.6 is 23.2 Å². The molecule has 24 heavy (non-hydrogen) atoms. The molecule has 2 N–H and O–H groups in total. The standard InChI is InChI=1S/C14H8Cl2F2N2O4/c1-22-13(21)11-10(16)6(19)4-7(20-11)5-2-3-8-12(9(5)15)24-14(17,18)23-8/h2-4H,1H3,(H2,19,20). The van der Waals surface area contributed by atoms with Crippen molar-refractivity contribution < 1.29 is 27.8 Å². The zero-order chi connectivity index (χ0) is 17.6. The topological polar surface area (TPSA) is 83.7 Å². The number of nitrogen functional groups attached to an aromatic ring is 1. The second-order valence-corrected chi connectivity index (χ2v) is 5.43. The summed E-state index contributed by atoms with van der Waals surface area (Å²) in [6.07, 6.45) is -3.81. The number of aromatic nitrogens is 1. The summed E-state index contributed by atoms with van der Waals surface area (Å²) in [6.45, 7) is 0. The van der Waals surface area contributed by atoms with Gasteiger partial charge in [-0.15, -0.1) is 8.78 Å². The Bertz CT molecular complexity index is 861. The van der Waals surface area contributed by atoms with Gasteiger partial charge in [0.25, 0.3) is 0 Å². The van der Waals surface area contributed by atoms with E-state index in [4.69, 9.17) is 28.9 Å². The van der Waals surface area contributed by atoms with Crippen LogP contribution in [0.5, 0.6) is 11.5 Å². The van der Waals surface area contributed by atoms with Gasteiger partial charge in [-0.05, 0) is 18.2 Å². The molecule has 1 aromatic carbocycles. The summed E-state index contributed by atoms with van der Waals surface area (Å²) >= 11 is 12.0. The number of halogens is 4. The highest BCUT2D eigenvalue weighted by atomic mass is 35.5. The maximum absolute atomic E-state index is 13.2. The van der Waals surface area contributed by atoms with E-state index in [1.54, 1.807) is 0 Å². The highest BCUT2D eigenvalue weighted by molar-refractivity contribution is 6.36. The quantitative estimate of drug-likeness (QED) is 0.803. The number of nitrogens with two attached hydrogens (primary N) is 1. The fourth-order valence-electron chi connectivity index (χ4n) is 2.10. The first-order valence-corrected chi connectivity index (χ1v) is 7.12. The Balaban J connectivity index is 2.15. The van der Waals surface area contributed by atoms with Crippen molar-refractivity contribution >= 4 is 34.9 Å². The summed E-state index contributed by atoms with van der Waals surface area (Å²) in [7, 11) is 1.15. The molecule has 0 saturated carbocycles. The molecule has 0 fully saturated rings. The fraction of sp³-hybridized carbons (Fsp3) is 0.143. The molecule has 1 aliphatic heterocycles. The van der Waals surface area contributed by atoms with Gasteiger partial charge in [-0.25, -0.2) is 9.78 Å². The van der Waals surface area contributed by atoms with Crippen LogP contribution in [0.3, 0.4) is 0 Å². The number of anilines is 1. The molecule has 0 aliphatic carbocycles. The molecule has 2 aromatic rings. The van der Waals surface area contributed by atoms with E-state index in [1.165, 1.54) is 18.2 Å². The van der Waals surface area contributed by atoms with Crippen molar-refractivity contribution in [3.63, 3.8) is 0 Å². The predicted molar refractivity (Wildman–Crippen MR) is 81.6 cm³/mol. The van der Waals surface area contributed by atoms with E-state index in [9.17, 15) is 13.6 Å². The number of carbonyl (C=O) groups is 1. The van der Waals surface area contributed by atoms with Gasteiger partial charge in [-0.1, -0.05) is 23.2 Å². The Morgan fingerprint density at radius 3 is 2.67 bits per heavy atom. The molecule has 0 radical (unpaired) electrons. The number of esters is 1. The molecule has 0 unspecified atom stereocenters. The van der Waals surface area contributed by atoms with Crippen LogP contribution in [0.4, 0.5) is 14.5 Å². The molecule has 3 rings (SSSR count). The van der Waals surface area contributed by atoms with Gasteiger partial charge in [0.05, 0.1) is 28.5 Å². The average molecular weight is 377 g/mol. The number of fused-ring (bicyclic) bond motifs is 1. The molecular formula is C14H8Cl2F2N2O4. The Kier molecular flexibility index (Phi) is 3.89. The number of ether oxygens (including phenoxy) is 3. The minimum Gasteiger partial charge on any atom is -0.464 e. The summed E-state index contributed by atoms with van der Waals surface area (Å²) in [5.74, 6) is -1.37. The summed E-state index contributed by atoms with van der Waals surface area (Å²) < 4.78 is 39.6. The molecule has 0 amide bonds. The summed E-state index contributed by atoms with van der Waals surface area (Å²) in [6, 6.07) is 3.96. The van der Waals surface area contributed by atoms with Crippen molar-refractivity contribution in [1.82, 2.24) is 4.98 Å². The molecule has 126 valence electrons. The average Bonchev–Trinajstić information content (AvgIpc) is 2.85. The number of pyridine rings is 1. The lowest BCUT2D eigenvalue weighted by molar-refractivity contribution is -0.286. The second-order valence-electron chi connectivity index (χ2n) is 4.67. The summed E-state index contributed by atoms with van der Waals surface area (Å²) in [5.41, 5.74) is 5.90. The van der Waals surface area contributed by atoms with E-state index in [1.807, 2.05) is 0 Å². The van der Waals surface area contributed by atoms with Crippen molar-refractivity contribution in [3.05, 3.63) is 33.9 Å². The van der Waals surface area contributed by atoms with Gasteiger partial charge < -0.3 is 19.9 Å². The number of carbonyl (C=O) groups excluding carboxylic acids is 1. The lowest BCUT2D eigenvalue weighted by atomic mass is 10.1. The zero-order valence-corrected chi connectivity index (χ0v) is 13.4. The predicted octanol–water partition coefficient (Wildman–Crippen LogP) is 3.75. The highest BCUT2D eigenvalue weighted by Crippen LogP contribution is 2.49. The number of methoxy groups -OCH3 is 1. The smallest absolute Gasteiger partial charge is 0.464 e. The van der Waals surface area contributed by atoms with Crippen LogP contribution in [0.15, 0.2) is 18.2 Å². The van der Waals surface area contributed by atoms with Crippen LogP contribution in [-0.2, 0) is 4.74 Å². The Morgan fingerprint density at radius 2 is 2.00 bits per heavy atom. The highest BCUT2D eigenvalue weighted by Gasteiger charge is 2.45. The van der Waals surface area contributed by atoms with Gasteiger partial charge in [0.15, 0.2) is 17.2 Å². The van der Waals surface area contributed by atoms with Crippen LogP contribution in [0.2, 0.25) is 10.0 Å². The minimum atomic E-state index is -3.81. The van der Waals surface area contributed by atoms with E-state index in [-0.39, 0.29) is 44.2 Å². The lowest BCUT2D eigenvalue weighted by Crippen LogP contribution is -2.26. The van der Waals surface area contributed by atoms with Crippen molar-refractivity contribution in [3.8, 4) is 22.8 Å². The number of nitrogens with zero attached hydrogens (tertiary/aromatic N) is 1. The number of rotatable bonds is 2. The van der Waals surface area contributed by atoms with E-state index < -0.39 is 12.3 Å². The summed E-state index contributed by atoms with van der Waals surface area (Å²) in [4.78, 5) is 15.8. The molecule has 1 aromatic heterocycles. The molecular weight excluding hydrogens is 369 g/mol. The van der Waals surface area contributed by atoms with Crippen molar-refractivity contribution in [2.75, 3.05) is 12.8 Å². The third-order valence-corrected chi connectivity index (χ3v) is 3.92. The maximum atomic E-state index is 13.2. The van der Waals surface area contributed by atoms with Crippen molar-refractivity contribution in [1.29, 1.82) is 0 Å². The van der Waals surface area contributed by atoms with E-state index >= 15 is 0 Å². The third-order valence-electron chi connectivity index (χ3n) is 3.15.